The molecule has 0 aliphatic heterocycles. The Morgan fingerprint density at radius 2 is 2.00 bits per heavy atom. The van der Waals surface area contributed by atoms with Crippen LogP contribution in [0.3, 0.4) is 0 Å². The van der Waals surface area contributed by atoms with Crippen molar-refractivity contribution in [3.8, 4) is 5.75 Å². The molecule has 0 N–H and O–H groups in total. The molecule has 1 aliphatic rings. The van der Waals surface area contributed by atoms with Crippen LogP contribution in [0.2, 0.25) is 0 Å². The predicted octanol–water partition coefficient (Wildman–Crippen LogP) is 3.45. The van der Waals surface area contributed by atoms with Gasteiger partial charge < -0.3 is 4.74 Å². The molecule has 0 saturated heterocycles. The van der Waals surface area contributed by atoms with Gasteiger partial charge in [-0.3, -0.25) is 0 Å². The van der Waals surface area contributed by atoms with Crippen LogP contribution in [0.1, 0.15) is 24.0 Å². The van der Waals surface area contributed by atoms with Gasteiger partial charge >= 0.3 is 0 Å². The third kappa shape index (κ3) is 2.03. The Morgan fingerprint density at radius 3 is 2.57 bits per heavy atom. The molecule has 0 aromatic heterocycles. The van der Waals surface area contributed by atoms with Crippen molar-refractivity contribution in [1.29, 1.82) is 0 Å². The lowest BCUT2D eigenvalue weighted by atomic mass is 9.95. The highest BCUT2D eigenvalue weighted by atomic mass is 35.5. The van der Waals surface area contributed by atoms with E-state index in [0.717, 1.165) is 18.6 Å². The molecule has 0 heterocycles. The van der Waals surface area contributed by atoms with E-state index in [1.807, 2.05) is 6.07 Å². The maximum atomic E-state index is 5.89. The van der Waals surface area contributed by atoms with Gasteiger partial charge in [-0.05, 0) is 25.5 Å². The van der Waals surface area contributed by atoms with Crippen molar-refractivity contribution in [2.45, 2.75) is 38.2 Å². The minimum atomic E-state index is 0.325. The molecular formula is C12H15ClO. The van der Waals surface area contributed by atoms with E-state index in [4.69, 9.17) is 16.3 Å². The van der Waals surface area contributed by atoms with Crippen LogP contribution in [0.4, 0.5) is 0 Å². The second kappa shape index (κ2) is 3.82. The van der Waals surface area contributed by atoms with Crippen molar-refractivity contribution in [2.24, 2.45) is 0 Å². The van der Waals surface area contributed by atoms with Crippen molar-refractivity contribution in [3.63, 3.8) is 0 Å². The molecule has 2 heteroatoms. The van der Waals surface area contributed by atoms with Gasteiger partial charge in [0, 0.05) is 18.2 Å². The quantitative estimate of drug-likeness (QED) is 0.680. The smallest absolute Gasteiger partial charge is 0.122 e. The summed E-state index contributed by atoms with van der Waals surface area (Å²) in [7, 11) is 0. The van der Waals surface area contributed by atoms with E-state index in [1.165, 1.54) is 11.1 Å². The minimum Gasteiger partial charge on any atom is -0.490 e. The molecule has 14 heavy (non-hydrogen) atoms. The molecule has 1 fully saturated rings. The van der Waals surface area contributed by atoms with Gasteiger partial charge in [0.2, 0.25) is 0 Å². The van der Waals surface area contributed by atoms with Crippen LogP contribution in [-0.4, -0.2) is 11.5 Å². The third-order valence-corrected chi connectivity index (χ3v) is 3.02. The summed E-state index contributed by atoms with van der Waals surface area (Å²) in [4.78, 5) is 0. The Labute approximate surface area is 90.0 Å². The summed E-state index contributed by atoms with van der Waals surface area (Å²) in [5.41, 5.74) is 2.49. The van der Waals surface area contributed by atoms with Crippen LogP contribution < -0.4 is 4.74 Å². The van der Waals surface area contributed by atoms with Gasteiger partial charge in [0.1, 0.15) is 11.9 Å². The molecule has 0 radical (unpaired) electrons. The van der Waals surface area contributed by atoms with Gasteiger partial charge in [-0.2, -0.15) is 0 Å². The molecular weight excluding hydrogens is 196 g/mol. The normalized spacial score (nSPS) is 25.6. The van der Waals surface area contributed by atoms with Gasteiger partial charge in [-0.1, -0.05) is 17.7 Å². The fourth-order valence-electron chi connectivity index (χ4n) is 1.71. The van der Waals surface area contributed by atoms with E-state index in [2.05, 4.69) is 26.0 Å². The van der Waals surface area contributed by atoms with E-state index in [1.54, 1.807) is 0 Å². The number of aryl methyl sites for hydroxylation is 2. The van der Waals surface area contributed by atoms with Crippen molar-refractivity contribution >= 4 is 11.6 Å². The molecule has 0 spiro atoms. The Kier molecular flexibility index (Phi) is 2.69. The van der Waals surface area contributed by atoms with E-state index in [-0.39, 0.29) is 0 Å². The molecule has 0 bridgehead atoms. The number of hydrogen-bond donors (Lipinski definition) is 0. The number of rotatable bonds is 2. The largest absolute Gasteiger partial charge is 0.490 e. The number of hydrogen-bond acceptors (Lipinski definition) is 1. The zero-order chi connectivity index (χ0) is 10.1. The number of benzene rings is 1. The maximum Gasteiger partial charge on any atom is 0.122 e. The van der Waals surface area contributed by atoms with Crippen LogP contribution in [-0.2, 0) is 0 Å². The summed E-state index contributed by atoms with van der Waals surface area (Å²) in [6.45, 7) is 4.17. The SMILES string of the molecule is Cc1ccc(OC2CC(Cl)C2)c(C)c1. The average molecular weight is 211 g/mol. The van der Waals surface area contributed by atoms with Crippen LogP contribution in [0.5, 0.6) is 5.75 Å². The number of ether oxygens (including phenoxy) is 1. The molecule has 1 aliphatic carbocycles. The highest BCUT2D eigenvalue weighted by molar-refractivity contribution is 6.21. The molecule has 2 rings (SSSR count). The first-order valence-electron chi connectivity index (χ1n) is 5.03. The molecule has 1 nitrogen and oxygen atoms in total. The lowest BCUT2D eigenvalue weighted by Gasteiger charge is -2.31. The molecule has 1 aromatic carbocycles. The molecule has 0 unspecified atom stereocenters. The topological polar surface area (TPSA) is 9.23 Å². The van der Waals surface area contributed by atoms with E-state index >= 15 is 0 Å². The monoisotopic (exact) mass is 210 g/mol. The van der Waals surface area contributed by atoms with E-state index < -0.39 is 0 Å². The zero-order valence-electron chi connectivity index (χ0n) is 8.59. The summed E-state index contributed by atoms with van der Waals surface area (Å²) < 4.78 is 5.82. The van der Waals surface area contributed by atoms with Crippen molar-refractivity contribution < 1.29 is 4.74 Å². The second-order valence-electron chi connectivity index (χ2n) is 4.08. The first-order chi connectivity index (χ1) is 6.65. The van der Waals surface area contributed by atoms with Crippen LogP contribution >= 0.6 is 11.6 Å². The first-order valence-corrected chi connectivity index (χ1v) is 5.47. The van der Waals surface area contributed by atoms with Crippen molar-refractivity contribution in [3.05, 3.63) is 29.3 Å². The fraction of sp³-hybridized carbons (Fsp3) is 0.500. The van der Waals surface area contributed by atoms with Crippen molar-refractivity contribution in [2.75, 3.05) is 0 Å². The Hall–Kier alpha value is -0.690. The Bertz CT molecular complexity index is 329. The number of halogens is 1. The third-order valence-electron chi connectivity index (χ3n) is 2.66. The summed E-state index contributed by atoms with van der Waals surface area (Å²) in [5, 5.41) is 0.325. The highest BCUT2D eigenvalue weighted by Crippen LogP contribution is 2.31. The second-order valence-corrected chi connectivity index (χ2v) is 4.69. The zero-order valence-corrected chi connectivity index (χ0v) is 9.34. The lowest BCUT2D eigenvalue weighted by Crippen LogP contribution is -2.34. The van der Waals surface area contributed by atoms with Gasteiger partial charge in [0.15, 0.2) is 0 Å². The van der Waals surface area contributed by atoms with Crippen LogP contribution in [0.15, 0.2) is 18.2 Å². The average Bonchev–Trinajstić information content (AvgIpc) is 2.06. The lowest BCUT2D eigenvalue weighted by molar-refractivity contribution is 0.123. The maximum absolute atomic E-state index is 5.89. The van der Waals surface area contributed by atoms with E-state index in [0.29, 0.717) is 11.5 Å². The summed E-state index contributed by atoms with van der Waals surface area (Å²) in [6.07, 6.45) is 2.29. The standard InChI is InChI=1S/C12H15ClO/c1-8-3-4-12(9(2)5-8)14-11-6-10(13)7-11/h3-5,10-11H,6-7H2,1-2H3. The van der Waals surface area contributed by atoms with Crippen LogP contribution in [0, 0.1) is 13.8 Å². The summed E-state index contributed by atoms with van der Waals surface area (Å²) in [6, 6.07) is 6.28. The van der Waals surface area contributed by atoms with E-state index in [9.17, 15) is 0 Å². The van der Waals surface area contributed by atoms with Crippen LogP contribution in [0.25, 0.3) is 0 Å². The highest BCUT2D eigenvalue weighted by Gasteiger charge is 2.29. The molecule has 0 atom stereocenters. The van der Waals surface area contributed by atoms with Crippen molar-refractivity contribution in [1.82, 2.24) is 0 Å². The minimum absolute atomic E-state index is 0.325. The van der Waals surface area contributed by atoms with Gasteiger partial charge in [0.05, 0.1) is 0 Å². The summed E-state index contributed by atoms with van der Waals surface area (Å²) >= 11 is 5.89. The van der Waals surface area contributed by atoms with Gasteiger partial charge in [0.25, 0.3) is 0 Å². The van der Waals surface area contributed by atoms with Gasteiger partial charge in [-0.15, -0.1) is 11.6 Å². The molecule has 1 aromatic rings. The molecule has 1 saturated carbocycles. The summed E-state index contributed by atoms with van der Waals surface area (Å²) in [5.74, 6) is 1.00. The molecule has 76 valence electrons. The predicted molar refractivity (Wildman–Crippen MR) is 59.2 cm³/mol. The Balaban J connectivity index is 2.02. The number of alkyl halides is 1. The fourth-order valence-corrected chi connectivity index (χ4v) is 2.11. The van der Waals surface area contributed by atoms with Gasteiger partial charge in [-0.25, -0.2) is 0 Å². The first kappa shape index (κ1) is 9.85. The molecule has 0 amide bonds. The Morgan fingerprint density at radius 1 is 1.29 bits per heavy atom.